The van der Waals surface area contributed by atoms with E-state index in [1.807, 2.05) is 4.90 Å². The SMILES string of the molecule is O=C(CO)N1CCN(c2ncc(-c3ccccc3F)cn2)CC1. The summed E-state index contributed by atoms with van der Waals surface area (Å²) in [7, 11) is 0. The van der Waals surface area contributed by atoms with Crippen molar-refractivity contribution >= 4 is 11.9 Å². The largest absolute Gasteiger partial charge is 0.387 e. The minimum atomic E-state index is -0.464. The van der Waals surface area contributed by atoms with E-state index in [-0.39, 0.29) is 11.7 Å². The van der Waals surface area contributed by atoms with Crippen LogP contribution in [-0.2, 0) is 4.79 Å². The molecule has 120 valence electrons. The van der Waals surface area contributed by atoms with Gasteiger partial charge in [0.05, 0.1) is 0 Å². The van der Waals surface area contributed by atoms with Crippen LogP contribution in [0.5, 0.6) is 0 Å². The van der Waals surface area contributed by atoms with Gasteiger partial charge in [-0.1, -0.05) is 18.2 Å². The molecular formula is C16H17FN4O2. The summed E-state index contributed by atoms with van der Waals surface area (Å²) in [6.45, 7) is 1.79. The van der Waals surface area contributed by atoms with Crippen LogP contribution in [0.4, 0.5) is 10.3 Å². The van der Waals surface area contributed by atoms with Crippen molar-refractivity contribution in [3.63, 3.8) is 0 Å². The van der Waals surface area contributed by atoms with E-state index in [2.05, 4.69) is 9.97 Å². The van der Waals surface area contributed by atoms with Crippen molar-refractivity contribution < 1.29 is 14.3 Å². The predicted octanol–water partition coefficient (Wildman–Crippen LogP) is 0.924. The Bertz CT molecular complexity index is 685. The maximum absolute atomic E-state index is 13.8. The molecule has 1 aliphatic heterocycles. The van der Waals surface area contributed by atoms with Crippen LogP contribution in [-0.4, -0.2) is 58.7 Å². The third-order valence-corrected chi connectivity index (χ3v) is 3.87. The Kier molecular flexibility index (Phi) is 4.47. The number of aromatic nitrogens is 2. The molecule has 6 nitrogen and oxygen atoms in total. The summed E-state index contributed by atoms with van der Waals surface area (Å²) in [6, 6.07) is 6.50. The van der Waals surface area contributed by atoms with Crippen molar-refractivity contribution in [1.29, 1.82) is 0 Å². The topological polar surface area (TPSA) is 69.6 Å². The van der Waals surface area contributed by atoms with Gasteiger partial charge < -0.3 is 14.9 Å². The van der Waals surface area contributed by atoms with E-state index in [0.29, 0.717) is 43.3 Å². The van der Waals surface area contributed by atoms with Gasteiger partial charge in [0.1, 0.15) is 12.4 Å². The molecule has 1 aromatic heterocycles. The summed E-state index contributed by atoms with van der Waals surface area (Å²) in [6.07, 6.45) is 3.21. The Hall–Kier alpha value is -2.54. The van der Waals surface area contributed by atoms with Crippen LogP contribution in [0.3, 0.4) is 0 Å². The minimum Gasteiger partial charge on any atom is -0.387 e. The van der Waals surface area contributed by atoms with Gasteiger partial charge in [0.25, 0.3) is 0 Å². The highest BCUT2D eigenvalue weighted by atomic mass is 19.1. The lowest BCUT2D eigenvalue weighted by Gasteiger charge is -2.34. The number of benzene rings is 1. The Morgan fingerprint density at radius 1 is 1.13 bits per heavy atom. The van der Waals surface area contributed by atoms with E-state index >= 15 is 0 Å². The first-order valence-electron chi connectivity index (χ1n) is 7.39. The van der Waals surface area contributed by atoms with Gasteiger partial charge in [-0.25, -0.2) is 14.4 Å². The molecule has 1 saturated heterocycles. The second-order valence-electron chi connectivity index (χ2n) is 5.28. The van der Waals surface area contributed by atoms with Crippen LogP contribution in [0.25, 0.3) is 11.1 Å². The number of aliphatic hydroxyl groups excluding tert-OH is 1. The molecule has 3 rings (SSSR count). The molecule has 1 amide bonds. The third kappa shape index (κ3) is 3.29. The predicted molar refractivity (Wildman–Crippen MR) is 83.3 cm³/mol. The van der Waals surface area contributed by atoms with E-state index in [1.54, 1.807) is 35.5 Å². The Labute approximate surface area is 133 Å². The first-order chi connectivity index (χ1) is 11.2. The molecule has 0 radical (unpaired) electrons. The molecule has 7 heteroatoms. The Morgan fingerprint density at radius 3 is 2.39 bits per heavy atom. The van der Waals surface area contributed by atoms with Crippen LogP contribution in [0.1, 0.15) is 0 Å². The lowest BCUT2D eigenvalue weighted by atomic mass is 10.1. The first-order valence-corrected chi connectivity index (χ1v) is 7.39. The van der Waals surface area contributed by atoms with Crippen molar-refractivity contribution in [2.24, 2.45) is 0 Å². The molecule has 0 aliphatic carbocycles. The van der Waals surface area contributed by atoms with Crippen molar-refractivity contribution in [3.8, 4) is 11.1 Å². The molecule has 0 saturated carbocycles. The molecule has 23 heavy (non-hydrogen) atoms. The summed E-state index contributed by atoms with van der Waals surface area (Å²) in [5, 5.41) is 8.87. The second kappa shape index (κ2) is 6.70. The van der Waals surface area contributed by atoms with E-state index in [0.717, 1.165) is 0 Å². The van der Waals surface area contributed by atoms with Crippen molar-refractivity contribution in [3.05, 3.63) is 42.5 Å². The molecule has 1 fully saturated rings. The molecule has 0 spiro atoms. The number of rotatable bonds is 3. The molecule has 0 atom stereocenters. The monoisotopic (exact) mass is 316 g/mol. The number of hydrogen-bond donors (Lipinski definition) is 1. The number of halogens is 1. The molecule has 1 aliphatic rings. The Morgan fingerprint density at radius 2 is 1.78 bits per heavy atom. The lowest BCUT2D eigenvalue weighted by Crippen LogP contribution is -2.50. The zero-order valence-electron chi connectivity index (χ0n) is 12.5. The fourth-order valence-corrected chi connectivity index (χ4v) is 2.57. The maximum Gasteiger partial charge on any atom is 0.248 e. The lowest BCUT2D eigenvalue weighted by molar-refractivity contribution is -0.134. The van der Waals surface area contributed by atoms with Gasteiger partial charge in [-0.3, -0.25) is 4.79 Å². The van der Waals surface area contributed by atoms with Crippen LogP contribution in [0.2, 0.25) is 0 Å². The van der Waals surface area contributed by atoms with Crippen LogP contribution >= 0.6 is 0 Å². The normalized spacial score (nSPS) is 14.9. The number of anilines is 1. The maximum atomic E-state index is 13.8. The standard InChI is InChI=1S/C16H17FN4O2/c17-14-4-2-1-3-13(14)12-9-18-16(19-10-12)21-7-5-20(6-8-21)15(23)11-22/h1-4,9-10,22H,5-8,11H2. The molecule has 0 bridgehead atoms. The number of nitrogens with zero attached hydrogens (tertiary/aromatic N) is 4. The smallest absolute Gasteiger partial charge is 0.248 e. The fourth-order valence-electron chi connectivity index (χ4n) is 2.57. The van der Waals surface area contributed by atoms with E-state index in [9.17, 15) is 9.18 Å². The van der Waals surface area contributed by atoms with Crippen molar-refractivity contribution in [2.75, 3.05) is 37.7 Å². The number of carbonyl (C=O) groups is 1. The van der Waals surface area contributed by atoms with Crippen molar-refractivity contribution in [2.45, 2.75) is 0 Å². The molecule has 2 heterocycles. The van der Waals surface area contributed by atoms with Gasteiger partial charge in [-0.05, 0) is 6.07 Å². The van der Waals surface area contributed by atoms with E-state index < -0.39 is 6.61 Å². The molecule has 1 aromatic carbocycles. The number of hydrogen-bond acceptors (Lipinski definition) is 5. The zero-order valence-corrected chi connectivity index (χ0v) is 12.5. The average Bonchev–Trinajstić information content (AvgIpc) is 2.62. The zero-order chi connectivity index (χ0) is 16.2. The van der Waals surface area contributed by atoms with Gasteiger partial charge in [-0.2, -0.15) is 0 Å². The third-order valence-electron chi connectivity index (χ3n) is 3.87. The molecule has 0 unspecified atom stereocenters. The molecular weight excluding hydrogens is 299 g/mol. The summed E-state index contributed by atoms with van der Waals surface area (Å²) in [4.78, 5) is 23.6. The molecule has 1 N–H and O–H groups in total. The van der Waals surface area contributed by atoms with Crippen LogP contribution in [0.15, 0.2) is 36.7 Å². The van der Waals surface area contributed by atoms with E-state index in [1.165, 1.54) is 6.07 Å². The Balaban J connectivity index is 1.69. The minimum absolute atomic E-state index is 0.263. The number of aliphatic hydroxyl groups is 1. The van der Waals surface area contributed by atoms with Gasteiger partial charge in [-0.15, -0.1) is 0 Å². The van der Waals surface area contributed by atoms with Crippen LogP contribution < -0.4 is 4.90 Å². The fraction of sp³-hybridized carbons (Fsp3) is 0.312. The van der Waals surface area contributed by atoms with Gasteiger partial charge in [0.2, 0.25) is 11.9 Å². The number of amides is 1. The van der Waals surface area contributed by atoms with Crippen molar-refractivity contribution in [1.82, 2.24) is 14.9 Å². The number of carbonyl (C=O) groups excluding carboxylic acids is 1. The highest BCUT2D eigenvalue weighted by Gasteiger charge is 2.21. The summed E-state index contributed by atoms with van der Waals surface area (Å²) >= 11 is 0. The second-order valence-corrected chi connectivity index (χ2v) is 5.28. The quantitative estimate of drug-likeness (QED) is 0.912. The summed E-state index contributed by atoms with van der Waals surface area (Å²) < 4.78 is 13.8. The highest BCUT2D eigenvalue weighted by Crippen LogP contribution is 2.22. The number of piperazine rings is 1. The van der Waals surface area contributed by atoms with Gasteiger partial charge >= 0.3 is 0 Å². The summed E-state index contributed by atoms with van der Waals surface area (Å²) in [5.41, 5.74) is 1.10. The summed E-state index contributed by atoms with van der Waals surface area (Å²) in [5.74, 6) is -0.0124. The van der Waals surface area contributed by atoms with E-state index in [4.69, 9.17) is 5.11 Å². The molecule has 2 aromatic rings. The van der Waals surface area contributed by atoms with Gasteiger partial charge in [0.15, 0.2) is 0 Å². The first kappa shape index (κ1) is 15.4. The highest BCUT2D eigenvalue weighted by molar-refractivity contribution is 5.77. The van der Waals surface area contributed by atoms with Crippen LogP contribution in [0, 0.1) is 5.82 Å². The average molecular weight is 316 g/mol. The van der Waals surface area contributed by atoms with Gasteiger partial charge in [0, 0.05) is 49.7 Å².